The molecule has 10 aromatic carbocycles. The van der Waals surface area contributed by atoms with Crippen molar-refractivity contribution in [2.45, 2.75) is 24.7 Å². The lowest BCUT2D eigenvalue weighted by molar-refractivity contribution is 0.660. The van der Waals surface area contributed by atoms with E-state index in [1.54, 1.807) is 0 Å². The molecule has 2 aliphatic rings. The molecule has 0 aliphatic heterocycles. The molecule has 2 nitrogen and oxygen atoms in total. The maximum absolute atomic E-state index is 2.50. The largest absolute Gasteiger partial charge is 0.310 e. The summed E-state index contributed by atoms with van der Waals surface area (Å²) in [5.41, 5.74) is 21.6. The van der Waals surface area contributed by atoms with Crippen molar-refractivity contribution >= 4 is 38.9 Å². The predicted molar refractivity (Wildman–Crippen MR) is 276 cm³/mol. The van der Waals surface area contributed by atoms with E-state index in [0.717, 1.165) is 28.3 Å². The molecule has 0 atom stereocenters. The van der Waals surface area contributed by atoms with E-state index in [0.29, 0.717) is 0 Å². The van der Waals surface area contributed by atoms with E-state index < -0.39 is 5.41 Å². The van der Waals surface area contributed by atoms with Crippen LogP contribution in [0, 0.1) is 0 Å². The van der Waals surface area contributed by atoms with Gasteiger partial charge in [0.05, 0.1) is 22.1 Å². The Labute approximate surface area is 386 Å². The average molecular weight is 843 g/mol. The Bertz CT molecular complexity index is 3630. The number of benzene rings is 10. The minimum atomic E-state index is -0.504. The Morgan fingerprint density at radius 2 is 0.864 bits per heavy atom. The molecule has 13 rings (SSSR count). The van der Waals surface area contributed by atoms with Gasteiger partial charge in [-0.25, -0.2) is 0 Å². The van der Waals surface area contributed by atoms with Gasteiger partial charge in [-0.3, -0.25) is 0 Å². The fraction of sp³-hybridized carbons (Fsp3) is 0.0625. The lowest BCUT2D eigenvalue weighted by atomic mass is 9.67. The quantitative estimate of drug-likeness (QED) is 0.155. The third-order valence-corrected chi connectivity index (χ3v) is 14.7. The first-order chi connectivity index (χ1) is 32.5. The lowest BCUT2D eigenvalue weighted by Gasteiger charge is -2.34. The molecule has 1 heterocycles. The zero-order chi connectivity index (χ0) is 44.0. The van der Waals surface area contributed by atoms with Crippen molar-refractivity contribution in [2.75, 3.05) is 4.90 Å². The van der Waals surface area contributed by atoms with Crippen LogP contribution in [0.1, 0.15) is 47.2 Å². The van der Waals surface area contributed by atoms with Crippen molar-refractivity contribution in [1.29, 1.82) is 0 Å². The molecular formula is C64H46N2. The van der Waals surface area contributed by atoms with Crippen LogP contribution >= 0.6 is 0 Å². The Balaban J connectivity index is 1.07. The van der Waals surface area contributed by atoms with Gasteiger partial charge in [0.15, 0.2) is 0 Å². The van der Waals surface area contributed by atoms with Crippen molar-refractivity contribution in [3.8, 4) is 39.1 Å². The molecule has 11 aromatic rings. The van der Waals surface area contributed by atoms with Crippen LogP contribution in [0.5, 0.6) is 0 Å². The van der Waals surface area contributed by atoms with Gasteiger partial charge in [-0.1, -0.05) is 202 Å². The van der Waals surface area contributed by atoms with Crippen molar-refractivity contribution < 1.29 is 0 Å². The highest BCUT2D eigenvalue weighted by molar-refractivity contribution is 6.10. The molecule has 0 bridgehead atoms. The molecule has 0 N–H and O–H groups in total. The van der Waals surface area contributed by atoms with Crippen LogP contribution in [-0.2, 0) is 10.8 Å². The van der Waals surface area contributed by atoms with E-state index in [9.17, 15) is 0 Å². The number of rotatable bonds is 7. The first kappa shape index (κ1) is 38.3. The Morgan fingerprint density at radius 1 is 0.348 bits per heavy atom. The summed E-state index contributed by atoms with van der Waals surface area (Å²) in [6.45, 7) is 4.75. The van der Waals surface area contributed by atoms with Crippen LogP contribution in [0.4, 0.5) is 17.1 Å². The molecular weight excluding hydrogens is 797 g/mol. The molecule has 0 saturated carbocycles. The molecule has 0 unspecified atom stereocenters. The summed E-state index contributed by atoms with van der Waals surface area (Å²) in [5.74, 6) is 0. The number of para-hydroxylation sites is 3. The second-order valence-corrected chi connectivity index (χ2v) is 18.4. The molecule has 2 heteroatoms. The third-order valence-electron chi connectivity index (χ3n) is 14.7. The standard InChI is InChI=1S/C64H46N2/c1-63(2)56-30-16-12-27-50(56)52-38-35-47(41-58(52)63)65(48-36-39-55-54-29-15-19-33-61(54)66(62(55)42-48)46-24-10-5-11-25-46)60-32-18-14-26-49(60)43-34-37-53-51-28-13-17-31-57(51)64(59(53)40-43,44-20-6-3-7-21-44)45-22-8-4-9-23-45/h3-42H,1-2H3. The second-order valence-electron chi connectivity index (χ2n) is 18.4. The third kappa shape index (κ3) is 5.48. The van der Waals surface area contributed by atoms with Gasteiger partial charge in [0, 0.05) is 38.8 Å². The van der Waals surface area contributed by atoms with Gasteiger partial charge in [0.2, 0.25) is 0 Å². The Hall–Kier alpha value is -8.20. The van der Waals surface area contributed by atoms with E-state index in [1.807, 2.05) is 0 Å². The van der Waals surface area contributed by atoms with Crippen LogP contribution in [-0.4, -0.2) is 4.57 Å². The number of hydrogen-bond acceptors (Lipinski definition) is 1. The van der Waals surface area contributed by atoms with Crippen molar-refractivity contribution in [3.05, 3.63) is 276 Å². The van der Waals surface area contributed by atoms with Crippen molar-refractivity contribution in [3.63, 3.8) is 0 Å². The van der Waals surface area contributed by atoms with Crippen LogP contribution in [0.3, 0.4) is 0 Å². The van der Waals surface area contributed by atoms with E-state index >= 15 is 0 Å². The lowest BCUT2D eigenvalue weighted by Crippen LogP contribution is -2.28. The minimum Gasteiger partial charge on any atom is -0.310 e. The van der Waals surface area contributed by atoms with Crippen LogP contribution in [0.25, 0.3) is 60.9 Å². The summed E-state index contributed by atoms with van der Waals surface area (Å²) < 4.78 is 2.42. The number of aromatic nitrogens is 1. The fourth-order valence-electron chi connectivity index (χ4n) is 11.7. The van der Waals surface area contributed by atoms with Gasteiger partial charge >= 0.3 is 0 Å². The summed E-state index contributed by atoms with van der Waals surface area (Å²) in [5, 5.41) is 2.47. The summed E-state index contributed by atoms with van der Waals surface area (Å²) in [6, 6.07) is 90.1. The normalized spacial score (nSPS) is 13.8. The molecule has 0 amide bonds. The number of hydrogen-bond donors (Lipinski definition) is 0. The van der Waals surface area contributed by atoms with Crippen LogP contribution in [0.15, 0.2) is 243 Å². The summed E-state index contributed by atoms with van der Waals surface area (Å²) >= 11 is 0. The Morgan fingerprint density at radius 3 is 1.61 bits per heavy atom. The zero-order valence-electron chi connectivity index (χ0n) is 37.0. The molecule has 1 aromatic heterocycles. The van der Waals surface area contributed by atoms with Crippen molar-refractivity contribution in [1.82, 2.24) is 4.57 Å². The SMILES string of the molecule is CC1(C)c2ccccc2-c2ccc(N(c3ccc4c5ccccc5n(-c5ccccc5)c4c3)c3ccccc3-c3ccc4c(c3)C(c3ccccc3)(c3ccccc3)c3ccccc3-4)cc21. The van der Waals surface area contributed by atoms with E-state index in [2.05, 4.69) is 266 Å². The zero-order valence-corrected chi connectivity index (χ0v) is 37.0. The van der Waals surface area contributed by atoms with E-state index in [1.165, 1.54) is 83.0 Å². The summed E-state index contributed by atoms with van der Waals surface area (Å²) in [6.07, 6.45) is 0. The van der Waals surface area contributed by atoms with Gasteiger partial charge < -0.3 is 9.47 Å². The molecule has 0 fully saturated rings. The van der Waals surface area contributed by atoms with E-state index in [4.69, 9.17) is 0 Å². The number of nitrogens with zero attached hydrogens (tertiary/aromatic N) is 2. The van der Waals surface area contributed by atoms with Crippen LogP contribution < -0.4 is 4.90 Å². The van der Waals surface area contributed by atoms with Gasteiger partial charge in [0.25, 0.3) is 0 Å². The Kier molecular flexibility index (Phi) is 8.51. The van der Waals surface area contributed by atoms with Gasteiger partial charge in [-0.2, -0.15) is 0 Å². The maximum Gasteiger partial charge on any atom is 0.0713 e. The van der Waals surface area contributed by atoms with Gasteiger partial charge in [-0.15, -0.1) is 0 Å². The molecule has 312 valence electrons. The highest BCUT2D eigenvalue weighted by Gasteiger charge is 2.46. The smallest absolute Gasteiger partial charge is 0.0713 e. The average Bonchev–Trinajstić information content (AvgIpc) is 3.95. The second kappa shape index (κ2) is 14.7. The monoisotopic (exact) mass is 842 g/mol. The number of anilines is 3. The topological polar surface area (TPSA) is 8.17 Å². The highest BCUT2D eigenvalue weighted by atomic mass is 15.1. The highest BCUT2D eigenvalue weighted by Crippen LogP contribution is 2.58. The van der Waals surface area contributed by atoms with Crippen molar-refractivity contribution in [2.24, 2.45) is 0 Å². The van der Waals surface area contributed by atoms with Crippen LogP contribution in [0.2, 0.25) is 0 Å². The van der Waals surface area contributed by atoms with E-state index in [-0.39, 0.29) is 5.41 Å². The number of fused-ring (bicyclic) bond motifs is 9. The molecule has 0 spiro atoms. The first-order valence-corrected chi connectivity index (χ1v) is 23.1. The summed E-state index contributed by atoms with van der Waals surface area (Å²) in [7, 11) is 0. The van der Waals surface area contributed by atoms with Gasteiger partial charge in [0.1, 0.15) is 0 Å². The molecule has 66 heavy (non-hydrogen) atoms. The summed E-state index contributed by atoms with van der Waals surface area (Å²) in [4.78, 5) is 2.50. The molecule has 0 saturated heterocycles. The predicted octanol–water partition coefficient (Wildman–Crippen LogP) is 16.6. The minimum absolute atomic E-state index is 0.163. The molecule has 0 radical (unpaired) electrons. The maximum atomic E-state index is 2.50. The molecule has 2 aliphatic carbocycles. The fourth-order valence-corrected chi connectivity index (χ4v) is 11.7. The van der Waals surface area contributed by atoms with Gasteiger partial charge in [-0.05, 0) is 116 Å². The first-order valence-electron chi connectivity index (χ1n) is 23.1.